The average molecular weight is 393 g/mol. The molecule has 1 aromatic rings. The number of hydrogen-bond donors (Lipinski definition) is 2. The minimum atomic E-state index is -1.79. The molecule has 8 heteroatoms. The van der Waals surface area contributed by atoms with E-state index in [2.05, 4.69) is 10.6 Å². The van der Waals surface area contributed by atoms with Crippen molar-refractivity contribution < 1.29 is 4.79 Å². The van der Waals surface area contributed by atoms with Gasteiger partial charge >= 0.3 is 0 Å². The van der Waals surface area contributed by atoms with Gasteiger partial charge in [0.1, 0.15) is 6.17 Å². The summed E-state index contributed by atoms with van der Waals surface area (Å²) in [5.74, 6) is -0.283. The van der Waals surface area contributed by atoms with Crippen LogP contribution in [0, 0.1) is 5.41 Å². The normalized spacial score (nSPS) is 13.7. The van der Waals surface area contributed by atoms with Crippen molar-refractivity contribution in [1.82, 2.24) is 5.32 Å². The van der Waals surface area contributed by atoms with Gasteiger partial charge in [-0.25, -0.2) is 0 Å². The minimum Gasteiger partial charge on any atom is -0.359 e. The van der Waals surface area contributed by atoms with E-state index in [1.54, 1.807) is 39.0 Å². The van der Waals surface area contributed by atoms with Crippen LogP contribution in [0.5, 0.6) is 0 Å². The summed E-state index contributed by atoms with van der Waals surface area (Å²) >= 11 is 29.9. The molecule has 0 aromatic heterocycles. The van der Waals surface area contributed by atoms with Crippen molar-refractivity contribution in [3.05, 3.63) is 28.2 Å². The number of amides is 1. The topological polar surface area (TPSA) is 41.1 Å². The van der Waals surface area contributed by atoms with E-state index in [1.165, 1.54) is 0 Å². The van der Waals surface area contributed by atoms with Crippen LogP contribution in [-0.4, -0.2) is 15.9 Å². The van der Waals surface area contributed by atoms with E-state index in [0.29, 0.717) is 15.7 Å². The van der Waals surface area contributed by atoms with Gasteiger partial charge in [0.2, 0.25) is 9.70 Å². The molecule has 1 aromatic carbocycles. The highest BCUT2D eigenvalue weighted by Crippen LogP contribution is 2.36. The predicted octanol–water partition coefficient (Wildman–Crippen LogP) is 5.26. The Morgan fingerprint density at radius 3 is 1.95 bits per heavy atom. The molecular weight excluding hydrogens is 377 g/mol. The van der Waals surface area contributed by atoms with Crippen molar-refractivity contribution in [2.75, 3.05) is 5.32 Å². The fourth-order valence-electron chi connectivity index (χ4n) is 1.33. The maximum Gasteiger partial charge on any atom is 0.228 e. The summed E-state index contributed by atoms with van der Waals surface area (Å²) in [6, 6.07) is 4.96. The number of carbonyl (C=O) groups is 1. The Balaban J connectivity index is 3.03. The van der Waals surface area contributed by atoms with E-state index in [0.717, 1.165) is 0 Å². The van der Waals surface area contributed by atoms with Crippen molar-refractivity contribution in [1.29, 1.82) is 0 Å². The molecule has 21 heavy (non-hydrogen) atoms. The van der Waals surface area contributed by atoms with E-state index in [-0.39, 0.29) is 5.91 Å². The first kappa shape index (κ1) is 19.0. The third kappa shape index (κ3) is 5.57. The van der Waals surface area contributed by atoms with Gasteiger partial charge in [0, 0.05) is 5.41 Å². The maximum atomic E-state index is 12.1. The van der Waals surface area contributed by atoms with Gasteiger partial charge in [0.15, 0.2) is 0 Å². The average Bonchev–Trinajstić information content (AvgIpc) is 2.29. The number of anilines is 1. The summed E-state index contributed by atoms with van der Waals surface area (Å²) in [5, 5.41) is 6.21. The Bertz CT molecular complexity index is 502. The van der Waals surface area contributed by atoms with Crippen molar-refractivity contribution in [2.24, 2.45) is 5.41 Å². The number of halogens is 5. The largest absolute Gasteiger partial charge is 0.359 e. The molecule has 1 rings (SSSR count). The monoisotopic (exact) mass is 390 g/mol. The van der Waals surface area contributed by atoms with E-state index >= 15 is 0 Å². The number of benzene rings is 1. The first-order valence-electron chi connectivity index (χ1n) is 6.01. The van der Waals surface area contributed by atoms with Crippen molar-refractivity contribution >= 4 is 69.6 Å². The van der Waals surface area contributed by atoms with Gasteiger partial charge in [-0.1, -0.05) is 84.8 Å². The van der Waals surface area contributed by atoms with E-state index in [1.807, 2.05) is 0 Å². The Labute approximate surface area is 149 Å². The van der Waals surface area contributed by atoms with Crippen LogP contribution in [0.1, 0.15) is 20.8 Å². The smallest absolute Gasteiger partial charge is 0.228 e. The standard InChI is InChI=1S/C13H15Cl5N2O/c1-12(2,3)11(21)20-10(13(16,17)18)19-9-7(14)5-4-6-8(9)15/h4-6,10,19H,1-3H3,(H,20,21)/t10-/m0/s1. The summed E-state index contributed by atoms with van der Waals surface area (Å²) in [4.78, 5) is 12.1. The molecule has 0 aliphatic heterocycles. The molecule has 118 valence electrons. The molecule has 0 aliphatic rings. The second-order valence-electron chi connectivity index (χ2n) is 5.44. The highest BCUT2D eigenvalue weighted by Gasteiger charge is 2.37. The molecule has 0 saturated heterocycles. The summed E-state index contributed by atoms with van der Waals surface area (Å²) in [6.07, 6.45) is -0.994. The van der Waals surface area contributed by atoms with Crippen molar-refractivity contribution in [3.63, 3.8) is 0 Å². The lowest BCUT2D eigenvalue weighted by Crippen LogP contribution is -2.52. The third-order valence-corrected chi connectivity index (χ3v) is 3.82. The summed E-state index contributed by atoms with van der Waals surface area (Å²) in [6.45, 7) is 5.25. The Morgan fingerprint density at radius 2 is 1.57 bits per heavy atom. The van der Waals surface area contributed by atoms with Crippen LogP contribution in [0.25, 0.3) is 0 Å². The number of carbonyl (C=O) groups excluding carboxylic acids is 1. The van der Waals surface area contributed by atoms with E-state index in [9.17, 15) is 4.79 Å². The quantitative estimate of drug-likeness (QED) is 0.544. The highest BCUT2D eigenvalue weighted by molar-refractivity contribution is 6.68. The van der Waals surface area contributed by atoms with Gasteiger partial charge in [-0.05, 0) is 12.1 Å². The predicted molar refractivity (Wildman–Crippen MR) is 91.8 cm³/mol. The van der Waals surface area contributed by atoms with Gasteiger partial charge < -0.3 is 10.6 Å². The van der Waals surface area contributed by atoms with Crippen LogP contribution in [0.15, 0.2) is 18.2 Å². The first-order valence-corrected chi connectivity index (χ1v) is 7.90. The summed E-state index contributed by atoms with van der Waals surface area (Å²) < 4.78 is -1.79. The van der Waals surface area contributed by atoms with Crippen LogP contribution < -0.4 is 10.6 Å². The van der Waals surface area contributed by atoms with Crippen LogP contribution in [0.3, 0.4) is 0 Å². The molecule has 1 amide bonds. The molecule has 0 unspecified atom stereocenters. The molecular formula is C13H15Cl5N2O. The summed E-state index contributed by atoms with van der Waals surface area (Å²) in [5.41, 5.74) is -0.258. The van der Waals surface area contributed by atoms with Gasteiger partial charge in [-0.15, -0.1) is 0 Å². The van der Waals surface area contributed by atoms with Gasteiger partial charge in [0.25, 0.3) is 0 Å². The molecule has 0 heterocycles. The second kappa shape index (κ2) is 7.01. The third-order valence-electron chi connectivity index (χ3n) is 2.54. The molecule has 2 N–H and O–H groups in total. The molecule has 0 saturated carbocycles. The summed E-state index contributed by atoms with van der Waals surface area (Å²) in [7, 11) is 0. The molecule has 0 spiro atoms. The van der Waals surface area contributed by atoms with Crippen LogP contribution in [0.2, 0.25) is 10.0 Å². The highest BCUT2D eigenvalue weighted by atomic mass is 35.6. The van der Waals surface area contributed by atoms with Crippen molar-refractivity contribution in [3.8, 4) is 0 Å². The number of rotatable bonds is 3. The lowest BCUT2D eigenvalue weighted by Gasteiger charge is -2.30. The SMILES string of the molecule is CC(C)(C)C(=O)N[C@H](Nc1c(Cl)cccc1Cl)C(Cl)(Cl)Cl. The number of hydrogen-bond acceptors (Lipinski definition) is 2. The zero-order valence-electron chi connectivity index (χ0n) is 11.6. The second-order valence-corrected chi connectivity index (χ2v) is 8.62. The fraction of sp³-hybridized carbons (Fsp3) is 0.462. The van der Waals surface area contributed by atoms with E-state index in [4.69, 9.17) is 58.0 Å². The number of nitrogens with one attached hydrogen (secondary N) is 2. The van der Waals surface area contributed by atoms with E-state index < -0.39 is 15.4 Å². The zero-order chi connectivity index (χ0) is 16.4. The molecule has 0 fully saturated rings. The molecule has 0 aliphatic carbocycles. The van der Waals surface area contributed by atoms with Crippen LogP contribution in [0.4, 0.5) is 5.69 Å². The number of alkyl halides is 3. The molecule has 0 radical (unpaired) electrons. The lowest BCUT2D eigenvalue weighted by atomic mass is 9.95. The Morgan fingerprint density at radius 1 is 1.10 bits per heavy atom. The minimum absolute atomic E-state index is 0.283. The molecule has 1 atom stereocenters. The van der Waals surface area contributed by atoms with Crippen LogP contribution >= 0.6 is 58.0 Å². The van der Waals surface area contributed by atoms with Gasteiger partial charge in [-0.3, -0.25) is 4.79 Å². The fourth-order valence-corrected chi connectivity index (χ4v) is 2.16. The van der Waals surface area contributed by atoms with Gasteiger partial charge in [-0.2, -0.15) is 0 Å². The Hall–Kier alpha value is -0.0600. The van der Waals surface area contributed by atoms with Crippen LogP contribution in [-0.2, 0) is 4.79 Å². The number of para-hydroxylation sites is 1. The Kier molecular flexibility index (Phi) is 6.34. The maximum absolute atomic E-state index is 12.1. The zero-order valence-corrected chi connectivity index (χ0v) is 15.4. The lowest BCUT2D eigenvalue weighted by molar-refractivity contribution is -0.129. The van der Waals surface area contributed by atoms with Gasteiger partial charge in [0.05, 0.1) is 15.7 Å². The van der Waals surface area contributed by atoms with Crippen molar-refractivity contribution in [2.45, 2.75) is 30.7 Å². The molecule has 3 nitrogen and oxygen atoms in total. The molecule has 0 bridgehead atoms. The first-order chi connectivity index (χ1) is 9.43.